The van der Waals surface area contributed by atoms with Crippen molar-refractivity contribution in [1.29, 1.82) is 0 Å². The lowest BCUT2D eigenvalue weighted by atomic mass is 10.1. The van der Waals surface area contributed by atoms with Gasteiger partial charge in [0.05, 0.1) is 11.9 Å². The molecule has 0 heterocycles. The fraction of sp³-hybridized carbons (Fsp3) is 0. The van der Waals surface area contributed by atoms with Gasteiger partial charge in [0.1, 0.15) is 0 Å². The van der Waals surface area contributed by atoms with Crippen LogP contribution in [0.4, 0.5) is 5.69 Å². The second kappa shape index (κ2) is 5.36. The summed E-state index contributed by atoms with van der Waals surface area (Å²) in [6, 6.07) is 24.5. The van der Waals surface area contributed by atoms with E-state index >= 15 is 0 Å². The molecule has 2 heteroatoms. The topological polar surface area (TPSA) is 24.4 Å². The van der Waals surface area contributed by atoms with E-state index < -0.39 is 0 Å². The van der Waals surface area contributed by atoms with E-state index in [4.69, 9.17) is 0 Å². The third-order valence-electron chi connectivity index (χ3n) is 2.99. The van der Waals surface area contributed by atoms with Crippen molar-refractivity contribution < 1.29 is 0 Å². The molecule has 92 valence electrons. The second-order valence-electron chi connectivity index (χ2n) is 4.31. The molecule has 2 nitrogen and oxygen atoms in total. The van der Waals surface area contributed by atoms with E-state index in [1.54, 1.807) is 0 Å². The van der Waals surface area contributed by atoms with E-state index in [-0.39, 0.29) is 0 Å². The summed E-state index contributed by atoms with van der Waals surface area (Å²) in [5, 5.41) is 6.67. The molecule has 0 unspecified atom stereocenters. The summed E-state index contributed by atoms with van der Waals surface area (Å²) in [7, 11) is 0. The van der Waals surface area contributed by atoms with Crippen molar-refractivity contribution in [3.05, 3.63) is 78.4 Å². The molecule has 19 heavy (non-hydrogen) atoms. The third-order valence-corrected chi connectivity index (χ3v) is 2.99. The Morgan fingerprint density at radius 3 is 2.37 bits per heavy atom. The molecule has 0 aliphatic heterocycles. The van der Waals surface area contributed by atoms with Crippen molar-refractivity contribution in [3.63, 3.8) is 0 Å². The van der Waals surface area contributed by atoms with Crippen LogP contribution in [-0.4, -0.2) is 6.21 Å². The van der Waals surface area contributed by atoms with Gasteiger partial charge < -0.3 is 0 Å². The maximum atomic E-state index is 4.29. The Labute approximate surface area is 112 Å². The van der Waals surface area contributed by atoms with Crippen LogP contribution >= 0.6 is 0 Å². The Morgan fingerprint density at radius 2 is 1.47 bits per heavy atom. The maximum absolute atomic E-state index is 4.29. The van der Waals surface area contributed by atoms with Crippen molar-refractivity contribution in [1.82, 2.24) is 0 Å². The zero-order valence-corrected chi connectivity index (χ0v) is 10.5. The van der Waals surface area contributed by atoms with Gasteiger partial charge in [-0.3, -0.25) is 5.43 Å². The first kappa shape index (κ1) is 11.5. The fourth-order valence-corrected chi connectivity index (χ4v) is 2.04. The Kier molecular flexibility index (Phi) is 3.24. The van der Waals surface area contributed by atoms with Crippen molar-refractivity contribution in [2.45, 2.75) is 0 Å². The molecule has 0 aliphatic carbocycles. The van der Waals surface area contributed by atoms with Gasteiger partial charge in [-0.1, -0.05) is 66.7 Å². The zero-order chi connectivity index (χ0) is 12.9. The van der Waals surface area contributed by atoms with E-state index in [0.29, 0.717) is 0 Å². The smallest absolute Gasteiger partial charge is 0.0640 e. The molecular weight excluding hydrogens is 232 g/mol. The van der Waals surface area contributed by atoms with Crippen LogP contribution < -0.4 is 5.43 Å². The number of fused-ring (bicyclic) bond motifs is 1. The molecule has 0 aromatic heterocycles. The Hall–Kier alpha value is -2.61. The molecule has 0 saturated heterocycles. The van der Waals surface area contributed by atoms with E-state index in [1.807, 2.05) is 60.8 Å². The highest BCUT2D eigenvalue weighted by atomic mass is 15.3. The van der Waals surface area contributed by atoms with Crippen LogP contribution in [0.2, 0.25) is 0 Å². The molecule has 0 spiro atoms. The Balaban J connectivity index is 1.84. The number of rotatable bonds is 3. The van der Waals surface area contributed by atoms with Crippen LogP contribution in [0.1, 0.15) is 5.56 Å². The summed E-state index contributed by atoms with van der Waals surface area (Å²) >= 11 is 0. The van der Waals surface area contributed by atoms with E-state index in [1.165, 1.54) is 10.8 Å². The summed E-state index contributed by atoms with van der Waals surface area (Å²) < 4.78 is 0. The first-order chi connectivity index (χ1) is 9.43. The normalized spacial score (nSPS) is 10.9. The lowest BCUT2D eigenvalue weighted by molar-refractivity contribution is 1.36. The molecule has 0 aliphatic rings. The summed E-state index contributed by atoms with van der Waals surface area (Å²) in [4.78, 5) is 0. The van der Waals surface area contributed by atoms with E-state index in [9.17, 15) is 0 Å². The molecule has 3 aromatic rings. The van der Waals surface area contributed by atoms with Crippen LogP contribution in [0.25, 0.3) is 10.8 Å². The Morgan fingerprint density at radius 1 is 0.737 bits per heavy atom. The molecule has 3 rings (SSSR count). The zero-order valence-electron chi connectivity index (χ0n) is 10.5. The maximum Gasteiger partial charge on any atom is 0.0640 e. The predicted molar refractivity (Wildman–Crippen MR) is 81.6 cm³/mol. The quantitative estimate of drug-likeness (QED) is 0.541. The summed E-state index contributed by atoms with van der Waals surface area (Å²) in [6.45, 7) is 0. The first-order valence-electron chi connectivity index (χ1n) is 6.25. The molecule has 0 bridgehead atoms. The standard InChI is InChI=1S/C17H14N2/c1-2-7-14(8-3-1)13-18-19-17-12-6-10-15-9-4-5-11-16(15)17/h1-13,19H. The number of hydrogen-bond acceptors (Lipinski definition) is 2. The van der Waals surface area contributed by atoms with Gasteiger partial charge in [0.15, 0.2) is 0 Å². The summed E-state index contributed by atoms with van der Waals surface area (Å²) in [6.07, 6.45) is 1.82. The number of anilines is 1. The molecule has 1 N–H and O–H groups in total. The minimum Gasteiger partial charge on any atom is -0.278 e. The first-order valence-corrected chi connectivity index (χ1v) is 6.25. The molecule has 0 saturated carbocycles. The van der Waals surface area contributed by atoms with Gasteiger partial charge in [-0.25, -0.2) is 0 Å². The van der Waals surface area contributed by atoms with Crippen LogP contribution in [-0.2, 0) is 0 Å². The lowest BCUT2D eigenvalue weighted by Crippen LogP contribution is -1.91. The minimum atomic E-state index is 1.02. The summed E-state index contributed by atoms with van der Waals surface area (Å²) in [5.74, 6) is 0. The van der Waals surface area contributed by atoms with Crippen LogP contribution in [0.5, 0.6) is 0 Å². The number of nitrogens with zero attached hydrogens (tertiary/aromatic N) is 1. The highest BCUT2D eigenvalue weighted by molar-refractivity contribution is 5.94. The largest absolute Gasteiger partial charge is 0.278 e. The average Bonchev–Trinajstić information content (AvgIpc) is 2.49. The van der Waals surface area contributed by atoms with Gasteiger partial charge >= 0.3 is 0 Å². The molecule has 0 amide bonds. The van der Waals surface area contributed by atoms with Crippen molar-refractivity contribution >= 4 is 22.7 Å². The van der Waals surface area contributed by atoms with E-state index in [2.05, 4.69) is 28.7 Å². The highest BCUT2D eigenvalue weighted by Gasteiger charge is 1.97. The fourth-order valence-electron chi connectivity index (χ4n) is 2.04. The van der Waals surface area contributed by atoms with Gasteiger partial charge in [0, 0.05) is 5.39 Å². The van der Waals surface area contributed by atoms with Gasteiger partial charge in [-0.05, 0) is 17.0 Å². The van der Waals surface area contributed by atoms with Crippen LogP contribution in [0, 0.1) is 0 Å². The van der Waals surface area contributed by atoms with Gasteiger partial charge in [-0.15, -0.1) is 0 Å². The molecule has 0 atom stereocenters. The molecule has 0 radical (unpaired) electrons. The predicted octanol–water partition coefficient (Wildman–Crippen LogP) is 4.29. The highest BCUT2D eigenvalue weighted by Crippen LogP contribution is 2.22. The van der Waals surface area contributed by atoms with Crippen molar-refractivity contribution in [2.24, 2.45) is 5.10 Å². The van der Waals surface area contributed by atoms with Crippen LogP contribution in [0.3, 0.4) is 0 Å². The number of hydrazone groups is 1. The van der Waals surface area contributed by atoms with Gasteiger partial charge in [0.2, 0.25) is 0 Å². The van der Waals surface area contributed by atoms with Crippen molar-refractivity contribution in [2.75, 3.05) is 5.43 Å². The lowest BCUT2D eigenvalue weighted by Gasteiger charge is -2.05. The Bertz CT molecular complexity index is 697. The van der Waals surface area contributed by atoms with Crippen molar-refractivity contribution in [3.8, 4) is 0 Å². The van der Waals surface area contributed by atoms with Crippen LogP contribution in [0.15, 0.2) is 77.9 Å². The summed E-state index contributed by atoms with van der Waals surface area (Å²) in [5.41, 5.74) is 5.20. The molecule has 3 aromatic carbocycles. The number of hydrogen-bond donors (Lipinski definition) is 1. The SMILES string of the molecule is C(=NNc1cccc2ccccc12)c1ccccc1. The molecular formula is C17H14N2. The molecule has 0 fully saturated rings. The number of benzene rings is 3. The third kappa shape index (κ3) is 2.63. The monoisotopic (exact) mass is 246 g/mol. The van der Waals surface area contributed by atoms with Gasteiger partial charge in [0.25, 0.3) is 0 Å². The minimum absolute atomic E-state index is 1.02. The van der Waals surface area contributed by atoms with Gasteiger partial charge in [-0.2, -0.15) is 5.10 Å². The number of nitrogens with one attached hydrogen (secondary N) is 1. The average molecular weight is 246 g/mol. The van der Waals surface area contributed by atoms with E-state index in [0.717, 1.165) is 11.3 Å². The second-order valence-corrected chi connectivity index (χ2v) is 4.31.